The van der Waals surface area contributed by atoms with E-state index < -0.39 is 0 Å². The van der Waals surface area contributed by atoms with Crippen molar-refractivity contribution in [2.75, 3.05) is 62.2 Å². The number of hydrogen-bond donors (Lipinski definition) is 1. The maximum atomic E-state index is 13.1. The number of hydrogen-bond acceptors (Lipinski definition) is 3. The van der Waals surface area contributed by atoms with Gasteiger partial charge in [0.05, 0.1) is 26.2 Å². The summed E-state index contributed by atoms with van der Waals surface area (Å²) < 4.78 is 13.1. The summed E-state index contributed by atoms with van der Waals surface area (Å²) in [6, 6.07) is 17.1. The summed E-state index contributed by atoms with van der Waals surface area (Å²) in [6.07, 6.45) is 0. The molecule has 0 radical (unpaired) electrons. The predicted molar refractivity (Wildman–Crippen MR) is 114 cm³/mol. The molecule has 0 saturated carbocycles. The number of rotatable bonds is 4. The highest BCUT2D eigenvalue weighted by atomic mass is 19.1. The van der Waals surface area contributed by atoms with Crippen molar-refractivity contribution < 1.29 is 14.1 Å². The molecule has 29 heavy (non-hydrogen) atoms. The molecule has 2 heterocycles. The molecule has 2 aliphatic rings. The Balaban J connectivity index is 1.27. The van der Waals surface area contributed by atoms with E-state index in [1.165, 1.54) is 22.7 Å². The first-order valence-electron chi connectivity index (χ1n) is 10.6. The van der Waals surface area contributed by atoms with Crippen LogP contribution in [0.15, 0.2) is 54.6 Å². The van der Waals surface area contributed by atoms with Crippen LogP contribution < -0.4 is 14.7 Å². The fraction of sp³-hybridized carbons (Fsp3) is 0.435. The molecule has 0 aliphatic carbocycles. The molecular formula is C23H30FN4O+. The molecule has 0 spiro atoms. The van der Waals surface area contributed by atoms with Gasteiger partial charge in [-0.1, -0.05) is 18.2 Å². The third-order valence-electron chi connectivity index (χ3n) is 6.29. The number of nitrogens with one attached hydrogen (secondary N) is 1. The molecule has 1 atom stereocenters. The lowest BCUT2D eigenvalue weighted by molar-refractivity contribution is -0.915. The zero-order valence-corrected chi connectivity index (χ0v) is 17.1. The van der Waals surface area contributed by atoms with Crippen molar-refractivity contribution >= 4 is 17.3 Å². The van der Waals surface area contributed by atoms with Crippen LogP contribution in [0.25, 0.3) is 0 Å². The zero-order valence-electron chi connectivity index (χ0n) is 17.1. The van der Waals surface area contributed by atoms with E-state index in [2.05, 4.69) is 41.0 Å². The number of amides is 1. The largest absolute Gasteiger partial charge is 0.368 e. The highest BCUT2D eigenvalue weighted by molar-refractivity contribution is 5.80. The van der Waals surface area contributed by atoms with Gasteiger partial charge < -0.3 is 19.6 Å². The Kier molecular flexibility index (Phi) is 6.00. The number of para-hydroxylation sites is 1. The molecule has 5 nitrogen and oxygen atoms in total. The maximum Gasteiger partial charge on any atom is 0.280 e. The second-order valence-electron chi connectivity index (χ2n) is 7.99. The van der Waals surface area contributed by atoms with Crippen molar-refractivity contribution in [2.45, 2.75) is 13.0 Å². The van der Waals surface area contributed by atoms with Crippen molar-refractivity contribution in [3.63, 3.8) is 0 Å². The lowest BCUT2D eigenvalue weighted by Gasteiger charge is -2.40. The highest BCUT2D eigenvalue weighted by Gasteiger charge is 2.33. The standard InChI is InChI=1S/C23H29FN4O/c1-19(25-11-13-27(14-12-25)22-9-7-20(24)8-10-22)23(29)28-17-15-26(16-18-28)21-5-3-2-4-6-21/h2-10,19H,11-18H2,1H3/p+1/t19-/m1/s1. The fourth-order valence-corrected chi connectivity index (χ4v) is 4.41. The van der Waals surface area contributed by atoms with Gasteiger partial charge in [-0.15, -0.1) is 0 Å². The van der Waals surface area contributed by atoms with Crippen molar-refractivity contribution in [3.05, 3.63) is 60.4 Å². The van der Waals surface area contributed by atoms with Gasteiger partial charge in [0.2, 0.25) is 0 Å². The number of piperazine rings is 2. The number of carbonyl (C=O) groups is 1. The summed E-state index contributed by atoms with van der Waals surface area (Å²) in [5.41, 5.74) is 2.29. The number of nitrogens with zero attached hydrogens (tertiary/aromatic N) is 3. The number of halogens is 1. The van der Waals surface area contributed by atoms with E-state index in [9.17, 15) is 9.18 Å². The Morgan fingerprint density at radius 3 is 2.00 bits per heavy atom. The summed E-state index contributed by atoms with van der Waals surface area (Å²) in [5, 5.41) is 0. The Hall–Kier alpha value is -2.60. The lowest BCUT2D eigenvalue weighted by atomic mass is 10.1. The third-order valence-corrected chi connectivity index (χ3v) is 6.29. The normalized spacial score (nSPS) is 19.3. The van der Waals surface area contributed by atoms with Crippen LogP contribution in [0.1, 0.15) is 6.92 Å². The molecule has 0 unspecified atom stereocenters. The monoisotopic (exact) mass is 397 g/mol. The van der Waals surface area contributed by atoms with Crippen molar-refractivity contribution in [3.8, 4) is 0 Å². The average molecular weight is 398 g/mol. The number of carbonyl (C=O) groups excluding carboxylic acids is 1. The Labute approximate surface area is 172 Å². The van der Waals surface area contributed by atoms with Crippen molar-refractivity contribution in [2.24, 2.45) is 0 Å². The number of benzene rings is 2. The van der Waals surface area contributed by atoms with Crippen LogP contribution in [0.5, 0.6) is 0 Å². The van der Waals surface area contributed by atoms with Gasteiger partial charge in [-0.2, -0.15) is 0 Å². The van der Waals surface area contributed by atoms with Crippen LogP contribution in [0.2, 0.25) is 0 Å². The molecule has 2 aromatic rings. The molecule has 0 aromatic heterocycles. The van der Waals surface area contributed by atoms with Gasteiger partial charge in [-0.05, 0) is 43.3 Å². The van der Waals surface area contributed by atoms with Crippen LogP contribution in [-0.4, -0.2) is 69.2 Å². The second kappa shape index (κ2) is 8.82. The SMILES string of the molecule is C[C@H](C(=O)N1CCN(c2ccccc2)CC1)[NH+]1CCN(c2ccc(F)cc2)CC1. The van der Waals surface area contributed by atoms with Gasteiger partial charge in [0, 0.05) is 37.6 Å². The van der Waals surface area contributed by atoms with Crippen LogP contribution >= 0.6 is 0 Å². The van der Waals surface area contributed by atoms with Crippen LogP contribution in [-0.2, 0) is 4.79 Å². The average Bonchev–Trinajstić information content (AvgIpc) is 2.79. The van der Waals surface area contributed by atoms with Gasteiger partial charge in [-0.25, -0.2) is 4.39 Å². The van der Waals surface area contributed by atoms with Gasteiger partial charge in [0.15, 0.2) is 6.04 Å². The first kappa shape index (κ1) is 19.7. The van der Waals surface area contributed by atoms with Crippen molar-refractivity contribution in [1.29, 1.82) is 0 Å². The zero-order chi connectivity index (χ0) is 20.2. The smallest absolute Gasteiger partial charge is 0.280 e. The van der Waals surface area contributed by atoms with Crippen LogP contribution in [0.4, 0.5) is 15.8 Å². The Bertz CT molecular complexity index is 797. The van der Waals surface area contributed by atoms with Gasteiger partial charge in [0.1, 0.15) is 5.82 Å². The second-order valence-corrected chi connectivity index (χ2v) is 7.99. The minimum absolute atomic E-state index is 0.0198. The van der Waals surface area contributed by atoms with E-state index >= 15 is 0 Å². The minimum Gasteiger partial charge on any atom is -0.368 e. The van der Waals surface area contributed by atoms with E-state index in [-0.39, 0.29) is 17.8 Å². The van der Waals surface area contributed by atoms with Crippen molar-refractivity contribution in [1.82, 2.24) is 4.90 Å². The summed E-state index contributed by atoms with van der Waals surface area (Å²) in [6.45, 7) is 9.03. The van der Waals surface area contributed by atoms with Crippen LogP contribution in [0, 0.1) is 5.82 Å². The topological polar surface area (TPSA) is 31.2 Å². The molecule has 6 heteroatoms. The quantitative estimate of drug-likeness (QED) is 0.843. The van der Waals surface area contributed by atoms with Crippen LogP contribution in [0.3, 0.4) is 0 Å². The number of quaternary nitrogens is 1. The molecule has 2 aliphatic heterocycles. The molecule has 1 amide bonds. The number of anilines is 2. The Morgan fingerprint density at radius 2 is 1.38 bits per heavy atom. The van der Waals surface area contributed by atoms with Gasteiger partial charge >= 0.3 is 0 Å². The van der Waals surface area contributed by atoms with Gasteiger partial charge in [-0.3, -0.25) is 4.79 Å². The maximum absolute atomic E-state index is 13.1. The van der Waals surface area contributed by atoms with E-state index in [0.717, 1.165) is 58.0 Å². The molecule has 2 saturated heterocycles. The summed E-state index contributed by atoms with van der Waals surface area (Å²) in [5.74, 6) is 0.0625. The molecule has 2 fully saturated rings. The molecule has 154 valence electrons. The highest BCUT2D eigenvalue weighted by Crippen LogP contribution is 2.16. The summed E-state index contributed by atoms with van der Waals surface area (Å²) in [4.78, 5) is 21.1. The summed E-state index contributed by atoms with van der Waals surface area (Å²) in [7, 11) is 0. The molecule has 4 rings (SSSR count). The molecule has 1 N–H and O–H groups in total. The lowest BCUT2D eigenvalue weighted by Crippen LogP contribution is -3.19. The summed E-state index contributed by atoms with van der Waals surface area (Å²) >= 11 is 0. The van der Waals surface area contributed by atoms with E-state index in [1.807, 2.05) is 23.1 Å². The molecular weight excluding hydrogens is 367 g/mol. The third kappa shape index (κ3) is 4.53. The van der Waals surface area contributed by atoms with E-state index in [1.54, 1.807) is 0 Å². The van der Waals surface area contributed by atoms with E-state index in [4.69, 9.17) is 0 Å². The predicted octanol–water partition coefficient (Wildman–Crippen LogP) is 1.27. The fourth-order valence-electron chi connectivity index (χ4n) is 4.41. The minimum atomic E-state index is -0.204. The van der Waals surface area contributed by atoms with Gasteiger partial charge in [0.25, 0.3) is 5.91 Å². The molecule has 0 bridgehead atoms. The van der Waals surface area contributed by atoms with E-state index in [0.29, 0.717) is 0 Å². The molecule has 2 aromatic carbocycles. The first-order valence-corrected chi connectivity index (χ1v) is 10.6. The first-order chi connectivity index (χ1) is 14.1. The Morgan fingerprint density at radius 1 is 0.828 bits per heavy atom.